The van der Waals surface area contributed by atoms with Crippen LogP contribution in [0, 0.1) is 11.3 Å². The summed E-state index contributed by atoms with van der Waals surface area (Å²) in [6, 6.07) is 0.360. The molecular formula is C19H37NO. The van der Waals surface area contributed by atoms with Crippen LogP contribution < -0.4 is 5.32 Å². The van der Waals surface area contributed by atoms with Crippen LogP contribution in [0.3, 0.4) is 0 Å². The fraction of sp³-hybridized carbons (Fsp3) is 0.947. The quantitative estimate of drug-likeness (QED) is 0.738. The molecule has 0 heterocycles. The third-order valence-electron chi connectivity index (χ3n) is 5.61. The van der Waals surface area contributed by atoms with Gasteiger partial charge in [0.1, 0.15) is 5.78 Å². The topological polar surface area (TPSA) is 29.1 Å². The van der Waals surface area contributed by atoms with Gasteiger partial charge in [-0.3, -0.25) is 4.79 Å². The molecule has 2 atom stereocenters. The highest BCUT2D eigenvalue weighted by atomic mass is 16.1. The Hall–Kier alpha value is -0.370. The Labute approximate surface area is 132 Å². The van der Waals surface area contributed by atoms with E-state index in [0.29, 0.717) is 11.8 Å². The largest absolute Gasteiger partial charge is 0.308 e. The molecule has 1 aliphatic carbocycles. The molecule has 2 heteroatoms. The maximum absolute atomic E-state index is 13.1. The SMILES string of the molecule is CCC(C)(C)N[C@@H]1CCCCCC[C@@H]1C(=O)C(C)(C)CC. The number of carbonyl (C=O) groups excluding carboxylic acids is 1. The van der Waals surface area contributed by atoms with E-state index in [1.807, 2.05) is 0 Å². The van der Waals surface area contributed by atoms with Crippen molar-refractivity contribution in [3.8, 4) is 0 Å². The average molecular weight is 296 g/mol. The number of hydrogen-bond acceptors (Lipinski definition) is 2. The van der Waals surface area contributed by atoms with E-state index in [1.165, 1.54) is 25.7 Å². The molecule has 2 nitrogen and oxygen atoms in total. The number of hydrogen-bond donors (Lipinski definition) is 1. The summed E-state index contributed by atoms with van der Waals surface area (Å²) in [5, 5.41) is 3.82. The van der Waals surface area contributed by atoms with Gasteiger partial charge in [0.25, 0.3) is 0 Å². The molecule has 0 radical (unpaired) electrons. The fourth-order valence-electron chi connectivity index (χ4n) is 3.25. The zero-order chi connectivity index (χ0) is 16.1. The number of ketones is 1. The van der Waals surface area contributed by atoms with Crippen molar-refractivity contribution in [3.63, 3.8) is 0 Å². The Morgan fingerprint density at radius 1 is 0.952 bits per heavy atom. The van der Waals surface area contributed by atoms with Crippen LogP contribution in [0.1, 0.15) is 92.9 Å². The molecule has 0 amide bonds. The van der Waals surface area contributed by atoms with Crippen molar-refractivity contribution in [2.45, 2.75) is 104 Å². The molecule has 0 aromatic carbocycles. The maximum atomic E-state index is 13.1. The normalized spacial score (nSPS) is 25.2. The van der Waals surface area contributed by atoms with E-state index >= 15 is 0 Å². The minimum absolute atomic E-state index is 0.124. The molecule has 0 unspecified atom stereocenters. The molecule has 124 valence electrons. The standard InChI is InChI=1S/C19H37NO/c1-7-18(3,4)17(21)15-13-11-9-10-12-14-16(15)20-19(5,6)8-2/h15-16,20H,7-14H2,1-6H3/t15-,16+/m0/s1. The highest BCUT2D eigenvalue weighted by Gasteiger charge is 2.38. The van der Waals surface area contributed by atoms with E-state index in [-0.39, 0.29) is 16.9 Å². The van der Waals surface area contributed by atoms with Gasteiger partial charge >= 0.3 is 0 Å². The third kappa shape index (κ3) is 5.39. The molecule has 0 aromatic rings. The second kappa shape index (κ2) is 7.76. The van der Waals surface area contributed by atoms with Crippen molar-refractivity contribution >= 4 is 5.78 Å². The van der Waals surface area contributed by atoms with Crippen LogP contribution >= 0.6 is 0 Å². The van der Waals surface area contributed by atoms with Crippen molar-refractivity contribution in [2.75, 3.05) is 0 Å². The van der Waals surface area contributed by atoms with Crippen LogP contribution in [0.25, 0.3) is 0 Å². The van der Waals surface area contributed by atoms with Gasteiger partial charge in [-0.25, -0.2) is 0 Å². The molecular weight excluding hydrogens is 258 g/mol. The number of rotatable bonds is 6. The monoisotopic (exact) mass is 295 g/mol. The summed E-state index contributed by atoms with van der Waals surface area (Å²) in [7, 11) is 0. The molecule has 0 aliphatic heterocycles. The van der Waals surface area contributed by atoms with Gasteiger partial charge in [0.15, 0.2) is 0 Å². The van der Waals surface area contributed by atoms with Crippen molar-refractivity contribution in [1.82, 2.24) is 5.32 Å². The lowest BCUT2D eigenvalue weighted by Crippen LogP contribution is -2.52. The van der Waals surface area contributed by atoms with Crippen molar-refractivity contribution in [3.05, 3.63) is 0 Å². The Balaban J connectivity index is 2.92. The number of Topliss-reactive ketones (excluding diaryl/α,β-unsaturated/α-hetero) is 1. The minimum Gasteiger partial charge on any atom is -0.308 e. The van der Waals surface area contributed by atoms with E-state index in [2.05, 4.69) is 46.9 Å². The molecule has 1 fully saturated rings. The lowest BCUT2D eigenvalue weighted by Gasteiger charge is -2.39. The zero-order valence-electron chi connectivity index (χ0n) is 15.2. The predicted molar refractivity (Wildman–Crippen MR) is 91.6 cm³/mol. The Morgan fingerprint density at radius 2 is 1.52 bits per heavy atom. The highest BCUT2D eigenvalue weighted by Crippen LogP contribution is 2.33. The summed E-state index contributed by atoms with van der Waals surface area (Å²) in [6.07, 6.45) is 9.34. The molecule has 0 saturated heterocycles. The van der Waals surface area contributed by atoms with Gasteiger partial charge in [0.05, 0.1) is 0 Å². The van der Waals surface area contributed by atoms with Crippen LogP contribution in [-0.2, 0) is 4.79 Å². The van der Waals surface area contributed by atoms with E-state index in [0.717, 1.165) is 25.7 Å². The van der Waals surface area contributed by atoms with Gasteiger partial charge in [-0.05, 0) is 39.5 Å². The minimum atomic E-state index is -0.180. The number of nitrogens with one attached hydrogen (secondary N) is 1. The van der Waals surface area contributed by atoms with Gasteiger partial charge in [-0.2, -0.15) is 0 Å². The van der Waals surface area contributed by atoms with E-state index in [4.69, 9.17) is 0 Å². The van der Waals surface area contributed by atoms with Crippen LogP contribution in [0.4, 0.5) is 0 Å². The van der Waals surface area contributed by atoms with Crippen LogP contribution in [0.15, 0.2) is 0 Å². The van der Waals surface area contributed by atoms with Gasteiger partial charge in [0, 0.05) is 22.9 Å². The summed E-state index contributed by atoms with van der Waals surface area (Å²) < 4.78 is 0. The van der Waals surface area contributed by atoms with Crippen molar-refractivity contribution in [2.24, 2.45) is 11.3 Å². The second-order valence-electron chi connectivity index (χ2n) is 8.19. The van der Waals surface area contributed by atoms with Gasteiger partial charge in [0.2, 0.25) is 0 Å². The van der Waals surface area contributed by atoms with Crippen LogP contribution in [-0.4, -0.2) is 17.4 Å². The first-order valence-electron chi connectivity index (χ1n) is 9.05. The maximum Gasteiger partial charge on any atom is 0.143 e. The first kappa shape index (κ1) is 18.7. The molecule has 0 spiro atoms. The van der Waals surface area contributed by atoms with Gasteiger partial charge < -0.3 is 5.32 Å². The summed E-state index contributed by atoms with van der Waals surface area (Å²) in [5.41, 5.74) is -0.0566. The van der Waals surface area contributed by atoms with Crippen molar-refractivity contribution in [1.29, 1.82) is 0 Å². The molecule has 21 heavy (non-hydrogen) atoms. The summed E-state index contributed by atoms with van der Waals surface area (Å²) in [5.74, 6) is 0.683. The first-order valence-corrected chi connectivity index (χ1v) is 9.05. The smallest absolute Gasteiger partial charge is 0.143 e. The Kier molecular flexibility index (Phi) is 6.90. The third-order valence-corrected chi connectivity index (χ3v) is 5.61. The van der Waals surface area contributed by atoms with Crippen LogP contribution in [0.2, 0.25) is 0 Å². The highest BCUT2D eigenvalue weighted by molar-refractivity contribution is 5.86. The van der Waals surface area contributed by atoms with E-state index < -0.39 is 0 Å². The molecule has 0 aromatic heterocycles. The summed E-state index contributed by atoms with van der Waals surface area (Å²) in [6.45, 7) is 13.1. The molecule has 1 aliphatic rings. The lowest BCUT2D eigenvalue weighted by molar-refractivity contribution is -0.133. The molecule has 1 saturated carbocycles. The van der Waals surface area contributed by atoms with Gasteiger partial charge in [-0.15, -0.1) is 0 Å². The van der Waals surface area contributed by atoms with Gasteiger partial charge in [-0.1, -0.05) is 53.4 Å². The zero-order valence-corrected chi connectivity index (χ0v) is 15.2. The first-order chi connectivity index (χ1) is 9.73. The predicted octanol–water partition coefficient (Wildman–Crippen LogP) is 5.11. The van der Waals surface area contributed by atoms with E-state index in [1.54, 1.807) is 0 Å². The lowest BCUT2D eigenvalue weighted by atomic mass is 9.72. The summed E-state index contributed by atoms with van der Waals surface area (Å²) in [4.78, 5) is 13.1. The Morgan fingerprint density at radius 3 is 2.05 bits per heavy atom. The molecule has 0 bridgehead atoms. The van der Waals surface area contributed by atoms with Crippen LogP contribution in [0.5, 0.6) is 0 Å². The molecule has 1 N–H and O–H groups in total. The Bertz CT molecular complexity index is 332. The number of carbonyl (C=O) groups is 1. The fourth-order valence-corrected chi connectivity index (χ4v) is 3.25. The second-order valence-corrected chi connectivity index (χ2v) is 8.19. The van der Waals surface area contributed by atoms with Crippen molar-refractivity contribution < 1.29 is 4.79 Å². The van der Waals surface area contributed by atoms with E-state index in [9.17, 15) is 4.79 Å². The molecule has 1 rings (SSSR count). The summed E-state index contributed by atoms with van der Waals surface area (Å²) >= 11 is 0. The average Bonchev–Trinajstić information content (AvgIpc) is 2.41.